The summed E-state index contributed by atoms with van der Waals surface area (Å²) < 4.78 is 5.67. The first-order valence-electron chi connectivity index (χ1n) is 9.09. The van der Waals surface area contributed by atoms with Gasteiger partial charge in [0.1, 0.15) is 12.4 Å². The van der Waals surface area contributed by atoms with Crippen molar-refractivity contribution in [3.63, 3.8) is 0 Å². The van der Waals surface area contributed by atoms with Crippen LogP contribution in [0.3, 0.4) is 0 Å². The topological polar surface area (TPSA) is 93.8 Å². The minimum Gasteiger partial charge on any atom is -0.487 e. The molecule has 0 aliphatic carbocycles. The fourth-order valence-corrected chi connectivity index (χ4v) is 3.18. The number of aryl methyl sites for hydroxylation is 1. The molecule has 0 radical (unpaired) electrons. The first kappa shape index (κ1) is 22.3. The molecule has 3 aromatic rings. The van der Waals surface area contributed by atoms with Crippen molar-refractivity contribution in [3.8, 4) is 5.75 Å². The Hall–Kier alpha value is -3.42. The van der Waals surface area contributed by atoms with Crippen LogP contribution in [0.4, 0.5) is 5.69 Å². The maximum absolute atomic E-state index is 12.2. The molecule has 0 saturated heterocycles. The number of halogens is 2. The minimum absolute atomic E-state index is 0.0159. The number of benzene rings is 3. The molecule has 0 heterocycles. The van der Waals surface area contributed by atoms with Crippen molar-refractivity contribution in [2.75, 3.05) is 0 Å². The van der Waals surface area contributed by atoms with Crippen LogP contribution in [0.25, 0.3) is 0 Å². The van der Waals surface area contributed by atoms with Gasteiger partial charge in [0.25, 0.3) is 11.6 Å². The number of non-ortho nitro benzene ring substituents is 1. The zero-order valence-electron chi connectivity index (χ0n) is 16.3. The molecule has 0 aromatic heterocycles. The molecule has 1 N–H and O–H groups in total. The van der Waals surface area contributed by atoms with E-state index < -0.39 is 10.8 Å². The van der Waals surface area contributed by atoms with Gasteiger partial charge in [0, 0.05) is 12.1 Å². The average Bonchev–Trinajstić information content (AvgIpc) is 2.73. The number of nitrogens with zero attached hydrogens (tertiary/aromatic N) is 2. The first-order chi connectivity index (χ1) is 14.8. The second-order valence-electron chi connectivity index (χ2n) is 6.58. The van der Waals surface area contributed by atoms with Crippen molar-refractivity contribution >= 4 is 41.0 Å². The lowest BCUT2D eigenvalue weighted by atomic mass is 10.1. The molecule has 0 saturated carbocycles. The van der Waals surface area contributed by atoms with Crippen molar-refractivity contribution in [2.45, 2.75) is 13.5 Å². The van der Waals surface area contributed by atoms with Crippen LogP contribution in [-0.4, -0.2) is 17.0 Å². The van der Waals surface area contributed by atoms with Crippen LogP contribution in [0, 0.1) is 17.0 Å². The van der Waals surface area contributed by atoms with Gasteiger partial charge >= 0.3 is 0 Å². The summed E-state index contributed by atoms with van der Waals surface area (Å²) in [4.78, 5) is 22.4. The zero-order chi connectivity index (χ0) is 22.4. The van der Waals surface area contributed by atoms with E-state index in [0.29, 0.717) is 26.9 Å². The van der Waals surface area contributed by atoms with Gasteiger partial charge in [0.2, 0.25) is 0 Å². The lowest BCUT2D eigenvalue weighted by Gasteiger charge is -2.08. The Labute approximate surface area is 188 Å². The largest absolute Gasteiger partial charge is 0.487 e. The molecule has 9 heteroatoms. The number of ether oxygens (including phenoxy) is 1. The summed E-state index contributed by atoms with van der Waals surface area (Å²) in [5.41, 5.74) is 5.15. The molecule has 0 atom stereocenters. The van der Waals surface area contributed by atoms with Gasteiger partial charge in [-0.15, -0.1) is 0 Å². The monoisotopic (exact) mass is 457 g/mol. The molecule has 1 amide bonds. The fourth-order valence-electron chi connectivity index (χ4n) is 2.62. The molecule has 0 bridgehead atoms. The van der Waals surface area contributed by atoms with E-state index in [4.69, 9.17) is 27.9 Å². The van der Waals surface area contributed by atoms with E-state index in [1.807, 2.05) is 6.92 Å². The number of carbonyl (C=O) groups is 1. The van der Waals surface area contributed by atoms with Gasteiger partial charge in [-0.05, 0) is 66.1 Å². The lowest BCUT2D eigenvalue weighted by molar-refractivity contribution is -0.384. The summed E-state index contributed by atoms with van der Waals surface area (Å²) in [6.07, 6.45) is 1.45. The highest BCUT2D eigenvalue weighted by atomic mass is 35.5. The van der Waals surface area contributed by atoms with E-state index >= 15 is 0 Å². The number of hydrazone groups is 1. The normalized spacial score (nSPS) is 10.8. The number of hydrogen-bond donors (Lipinski definition) is 1. The van der Waals surface area contributed by atoms with E-state index in [1.54, 1.807) is 48.5 Å². The van der Waals surface area contributed by atoms with Crippen molar-refractivity contribution in [1.82, 2.24) is 5.43 Å². The molecule has 0 spiro atoms. The van der Waals surface area contributed by atoms with Gasteiger partial charge in [-0.2, -0.15) is 5.10 Å². The van der Waals surface area contributed by atoms with Crippen molar-refractivity contribution < 1.29 is 14.5 Å². The summed E-state index contributed by atoms with van der Waals surface area (Å²) in [6, 6.07) is 16.2. The van der Waals surface area contributed by atoms with Gasteiger partial charge in [-0.1, -0.05) is 29.3 Å². The molecule has 31 heavy (non-hydrogen) atoms. The SMILES string of the molecule is Cc1ccc(C(=O)N/N=C\c2ccc(OCc3ccc([N+](=O)[O-])cc3)c(Cl)c2)c(Cl)c1. The van der Waals surface area contributed by atoms with Gasteiger partial charge in [0.05, 0.1) is 26.7 Å². The van der Waals surface area contributed by atoms with E-state index in [-0.39, 0.29) is 12.3 Å². The molecule has 7 nitrogen and oxygen atoms in total. The van der Waals surface area contributed by atoms with Gasteiger partial charge < -0.3 is 4.74 Å². The summed E-state index contributed by atoms with van der Waals surface area (Å²) in [5.74, 6) is 0.0306. The van der Waals surface area contributed by atoms with Gasteiger partial charge in [-0.25, -0.2) is 5.43 Å². The standard InChI is InChI=1S/C22H17Cl2N3O4/c1-14-2-8-18(19(23)10-14)22(28)26-25-12-16-5-9-21(20(24)11-16)31-13-15-3-6-17(7-4-15)27(29)30/h2-12H,13H2,1H3,(H,26,28)/b25-12-. The average molecular weight is 458 g/mol. The Morgan fingerprint density at radius 1 is 1.10 bits per heavy atom. The molecule has 158 valence electrons. The number of carbonyl (C=O) groups excluding carboxylic acids is 1. The van der Waals surface area contributed by atoms with Crippen LogP contribution >= 0.6 is 23.2 Å². The fraction of sp³-hybridized carbons (Fsp3) is 0.0909. The third-order valence-corrected chi connectivity index (χ3v) is 4.85. The maximum Gasteiger partial charge on any atom is 0.272 e. The van der Waals surface area contributed by atoms with E-state index in [2.05, 4.69) is 10.5 Å². The number of rotatable bonds is 7. The second kappa shape index (κ2) is 10.1. The maximum atomic E-state index is 12.2. The Bertz CT molecular complexity index is 1150. The van der Waals surface area contributed by atoms with E-state index in [0.717, 1.165) is 11.1 Å². The Balaban J connectivity index is 1.58. The van der Waals surface area contributed by atoms with Crippen LogP contribution in [0.15, 0.2) is 65.8 Å². The highest BCUT2D eigenvalue weighted by Gasteiger charge is 2.09. The van der Waals surface area contributed by atoms with E-state index in [1.165, 1.54) is 18.3 Å². The number of nitro benzene ring substituents is 1. The predicted octanol–water partition coefficient (Wildman–Crippen LogP) is 5.55. The highest BCUT2D eigenvalue weighted by molar-refractivity contribution is 6.34. The summed E-state index contributed by atoms with van der Waals surface area (Å²) in [6.45, 7) is 2.09. The van der Waals surface area contributed by atoms with Gasteiger partial charge in [-0.3, -0.25) is 14.9 Å². The van der Waals surface area contributed by atoms with Gasteiger partial charge in [0.15, 0.2) is 0 Å². The molecule has 0 aliphatic heterocycles. The number of nitro groups is 1. The number of hydrogen-bond acceptors (Lipinski definition) is 5. The molecule has 0 fully saturated rings. The van der Waals surface area contributed by atoms with Crippen LogP contribution in [0.5, 0.6) is 5.75 Å². The molecule has 0 unspecified atom stereocenters. The zero-order valence-corrected chi connectivity index (χ0v) is 17.9. The van der Waals surface area contributed by atoms with Crippen LogP contribution in [0.2, 0.25) is 10.0 Å². The lowest BCUT2D eigenvalue weighted by Crippen LogP contribution is -2.18. The molecular formula is C22H17Cl2N3O4. The summed E-state index contributed by atoms with van der Waals surface area (Å²) >= 11 is 12.3. The Morgan fingerprint density at radius 2 is 1.84 bits per heavy atom. The Kier molecular flexibility index (Phi) is 7.23. The van der Waals surface area contributed by atoms with Crippen molar-refractivity contribution in [3.05, 3.63) is 103 Å². The minimum atomic E-state index is -0.459. The van der Waals surface area contributed by atoms with Crippen LogP contribution < -0.4 is 10.2 Å². The summed E-state index contributed by atoms with van der Waals surface area (Å²) in [5, 5.41) is 15.3. The second-order valence-corrected chi connectivity index (χ2v) is 7.40. The summed E-state index contributed by atoms with van der Waals surface area (Å²) in [7, 11) is 0. The van der Waals surface area contributed by atoms with Crippen molar-refractivity contribution in [2.24, 2.45) is 5.10 Å². The van der Waals surface area contributed by atoms with E-state index in [9.17, 15) is 14.9 Å². The molecule has 3 rings (SSSR count). The smallest absolute Gasteiger partial charge is 0.272 e. The number of amides is 1. The third-order valence-electron chi connectivity index (χ3n) is 4.25. The number of nitrogens with one attached hydrogen (secondary N) is 1. The quantitative estimate of drug-likeness (QED) is 0.285. The third kappa shape index (κ3) is 6.04. The molecular weight excluding hydrogens is 441 g/mol. The molecule has 0 aliphatic rings. The first-order valence-corrected chi connectivity index (χ1v) is 9.84. The highest BCUT2D eigenvalue weighted by Crippen LogP contribution is 2.26. The van der Waals surface area contributed by atoms with Crippen LogP contribution in [-0.2, 0) is 6.61 Å². The Morgan fingerprint density at radius 3 is 2.48 bits per heavy atom. The van der Waals surface area contributed by atoms with Crippen molar-refractivity contribution in [1.29, 1.82) is 0 Å². The van der Waals surface area contributed by atoms with Crippen LogP contribution in [0.1, 0.15) is 27.0 Å². The molecule has 3 aromatic carbocycles. The predicted molar refractivity (Wildman–Crippen MR) is 120 cm³/mol.